The quantitative estimate of drug-likeness (QED) is 0.360. The van der Waals surface area contributed by atoms with Crippen LogP contribution in [-0.4, -0.2) is 11.2 Å². The molecule has 0 amide bonds. The third-order valence-electron chi connectivity index (χ3n) is 4.44. The fourth-order valence-corrected chi connectivity index (χ4v) is 5.51. The number of pyridine rings is 1. The van der Waals surface area contributed by atoms with E-state index in [-0.39, 0.29) is 0 Å². The Bertz CT molecular complexity index is 725. The molecule has 2 aromatic heterocycles. The summed E-state index contributed by atoms with van der Waals surface area (Å²) in [5.41, 5.74) is 1.99. The van der Waals surface area contributed by atoms with Gasteiger partial charge in [0, 0.05) is 15.9 Å². The number of halogens is 2. The van der Waals surface area contributed by atoms with Gasteiger partial charge in [0.05, 0.1) is 16.3 Å². The number of rotatable bonds is 6. The molecule has 25 heavy (non-hydrogen) atoms. The van der Waals surface area contributed by atoms with Crippen molar-refractivity contribution in [2.24, 2.45) is 5.92 Å². The number of thiophene rings is 1. The van der Waals surface area contributed by atoms with Gasteiger partial charge in [-0.15, -0.1) is 23.1 Å². The maximum absolute atomic E-state index is 6.32. The van der Waals surface area contributed by atoms with Gasteiger partial charge in [0.1, 0.15) is 5.15 Å². The molecule has 0 saturated heterocycles. The van der Waals surface area contributed by atoms with E-state index in [1.807, 2.05) is 6.07 Å². The lowest BCUT2D eigenvalue weighted by molar-refractivity contribution is 0.420. The largest absolute Gasteiger partial charge is 0.379 e. The molecule has 0 aliphatic heterocycles. The summed E-state index contributed by atoms with van der Waals surface area (Å²) < 4.78 is 1.06. The standard InChI is InChI=1S/C19H22BrClN2S2/c1-24-19-16(22-12-14-8-5-9-25-14)11-17(21)23-18(19)15(20)10-13-6-3-2-4-7-13/h5,8-11,13H,2-4,6-7,12H2,1H3,(H,22,23)/b15-10-. The summed E-state index contributed by atoms with van der Waals surface area (Å²) in [7, 11) is 0. The summed E-state index contributed by atoms with van der Waals surface area (Å²) in [6, 6.07) is 6.13. The predicted octanol–water partition coefficient (Wildman–Crippen LogP) is 7.45. The maximum atomic E-state index is 6.32. The third-order valence-corrected chi connectivity index (χ3v) is 6.97. The van der Waals surface area contributed by atoms with Crippen LogP contribution in [0.2, 0.25) is 5.15 Å². The van der Waals surface area contributed by atoms with E-state index in [4.69, 9.17) is 11.6 Å². The molecular formula is C19H22BrClN2S2. The fourth-order valence-electron chi connectivity index (χ4n) is 3.18. The van der Waals surface area contributed by atoms with Crippen molar-refractivity contribution in [3.05, 3.63) is 45.4 Å². The molecule has 0 aromatic carbocycles. The lowest BCUT2D eigenvalue weighted by Gasteiger charge is -2.19. The van der Waals surface area contributed by atoms with Crippen molar-refractivity contribution in [1.29, 1.82) is 0 Å². The number of thioether (sulfide) groups is 1. The second-order valence-corrected chi connectivity index (χ2v) is 9.31. The van der Waals surface area contributed by atoms with Gasteiger partial charge < -0.3 is 5.32 Å². The molecule has 1 aliphatic carbocycles. The first-order valence-corrected chi connectivity index (χ1v) is 11.8. The first-order valence-electron chi connectivity index (χ1n) is 8.56. The normalized spacial score (nSPS) is 16.2. The molecule has 0 spiro atoms. The topological polar surface area (TPSA) is 24.9 Å². The van der Waals surface area contributed by atoms with E-state index in [0.717, 1.165) is 27.3 Å². The van der Waals surface area contributed by atoms with Crippen LogP contribution in [0.3, 0.4) is 0 Å². The van der Waals surface area contributed by atoms with Gasteiger partial charge in [0.25, 0.3) is 0 Å². The van der Waals surface area contributed by atoms with Crippen molar-refractivity contribution in [3.63, 3.8) is 0 Å². The van der Waals surface area contributed by atoms with Crippen molar-refractivity contribution >= 4 is 60.8 Å². The van der Waals surface area contributed by atoms with Crippen LogP contribution < -0.4 is 5.32 Å². The minimum Gasteiger partial charge on any atom is -0.379 e. The Morgan fingerprint density at radius 1 is 1.44 bits per heavy atom. The van der Waals surface area contributed by atoms with E-state index in [1.165, 1.54) is 37.0 Å². The van der Waals surface area contributed by atoms with E-state index in [0.29, 0.717) is 11.1 Å². The highest BCUT2D eigenvalue weighted by molar-refractivity contribution is 9.15. The van der Waals surface area contributed by atoms with Gasteiger partial charge >= 0.3 is 0 Å². The highest BCUT2D eigenvalue weighted by Gasteiger charge is 2.17. The van der Waals surface area contributed by atoms with E-state index in [9.17, 15) is 0 Å². The average Bonchev–Trinajstić information content (AvgIpc) is 3.14. The summed E-state index contributed by atoms with van der Waals surface area (Å²) >= 11 is 13.6. The van der Waals surface area contributed by atoms with Crippen LogP contribution in [0, 0.1) is 5.92 Å². The van der Waals surface area contributed by atoms with Crippen LogP contribution in [0.15, 0.2) is 34.6 Å². The van der Waals surface area contributed by atoms with Gasteiger partial charge in [-0.05, 0) is 58.5 Å². The van der Waals surface area contributed by atoms with Crippen molar-refractivity contribution < 1.29 is 0 Å². The second kappa shape index (κ2) is 9.45. The number of hydrogen-bond donors (Lipinski definition) is 1. The zero-order valence-corrected chi connectivity index (χ0v) is 18.2. The zero-order valence-electron chi connectivity index (χ0n) is 14.2. The van der Waals surface area contributed by atoms with Crippen molar-refractivity contribution in [3.8, 4) is 0 Å². The highest BCUT2D eigenvalue weighted by Crippen LogP contribution is 2.38. The molecule has 0 unspecified atom stereocenters. The molecule has 6 heteroatoms. The molecule has 0 radical (unpaired) electrons. The van der Waals surface area contributed by atoms with Gasteiger partial charge in [0.2, 0.25) is 0 Å². The molecule has 2 nitrogen and oxygen atoms in total. The van der Waals surface area contributed by atoms with Gasteiger partial charge in [-0.3, -0.25) is 0 Å². The maximum Gasteiger partial charge on any atom is 0.131 e. The molecule has 1 fully saturated rings. The van der Waals surface area contributed by atoms with E-state index in [2.05, 4.69) is 56.1 Å². The number of aromatic nitrogens is 1. The minimum atomic E-state index is 0.524. The lowest BCUT2D eigenvalue weighted by atomic mass is 9.89. The number of hydrogen-bond acceptors (Lipinski definition) is 4. The Labute approximate surface area is 171 Å². The monoisotopic (exact) mass is 456 g/mol. The molecule has 2 aromatic rings. The summed E-state index contributed by atoms with van der Waals surface area (Å²) in [4.78, 5) is 7.05. The van der Waals surface area contributed by atoms with Crippen LogP contribution in [0.25, 0.3) is 4.48 Å². The molecule has 1 saturated carbocycles. The number of nitrogens with one attached hydrogen (secondary N) is 1. The minimum absolute atomic E-state index is 0.524. The first kappa shape index (κ1) is 19.3. The molecule has 134 valence electrons. The number of nitrogens with zero attached hydrogens (tertiary/aromatic N) is 1. The van der Waals surface area contributed by atoms with Crippen molar-refractivity contribution in [1.82, 2.24) is 4.98 Å². The molecule has 1 N–H and O–H groups in total. The number of anilines is 1. The fraction of sp³-hybridized carbons (Fsp3) is 0.421. The summed E-state index contributed by atoms with van der Waals surface area (Å²) in [5, 5.41) is 6.15. The molecule has 0 atom stereocenters. The Morgan fingerprint density at radius 2 is 2.24 bits per heavy atom. The molecule has 2 heterocycles. The summed E-state index contributed by atoms with van der Waals surface area (Å²) in [6.07, 6.45) is 11.0. The molecule has 0 bridgehead atoms. The van der Waals surface area contributed by atoms with Gasteiger partial charge in [-0.1, -0.05) is 43.0 Å². The van der Waals surface area contributed by atoms with Crippen LogP contribution in [0.1, 0.15) is 42.7 Å². The Balaban J connectivity index is 1.85. The van der Waals surface area contributed by atoms with E-state index < -0.39 is 0 Å². The average molecular weight is 458 g/mol. The van der Waals surface area contributed by atoms with Crippen LogP contribution >= 0.6 is 50.6 Å². The first-order chi connectivity index (χ1) is 12.2. The van der Waals surface area contributed by atoms with Crippen LogP contribution in [0.4, 0.5) is 5.69 Å². The van der Waals surface area contributed by atoms with Crippen LogP contribution in [0.5, 0.6) is 0 Å². The predicted molar refractivity (Wildman–Crippen MR) is 116 cm³/mol. The summed E-state index contributed by atoms with van der Waals surface area (Å²) in [5.74, 6) is 0.640. The van der Waals surface area contributed by atoms with Crippen molar-refractivity contribution in [2.45, 2.75) is 43.5 Å². The smallest absolute Gasteiger partial charge is 0.131 e. The third kappa shape index (κ3) is 5.25. The zero-order chi connectivity index (χ0) is 17.6. The SMILES string of the molecule is CSc1c(NCc2cccs2)cc(Cl)nc1/C(Br)=C/C1CCCCC1. The van der Waals surface area contributed by atoms with Crippen LogP contribution in [-0.2, 0) is 6.54 Å². The van der Waals surface area contributed by atoms with Gasteiger partial charge in [0.15, 0.2) is 0 Å². The van der Waals surface area contributed by atoms with E-state index >= 15 is 0 Å². The van der Waals surface area contributed by atoms with Crippen molar-refractivity contribution in [2.75, 3.05) is 11.6 Å². The molecule has 1 aliphatic rings. The van der Waals surface area contributed by atoms with Gasteiger partial charge in [-0.25, -0.2) is 4.98 Å². The van der Waals surface area contributed by atoms with E-state index in [1.54, 1.807) is 23.1 Å². The molecular weight excluding hydrogens is 436 g/mol. The summed E-state index contributed by atoms with van der Waals surface area (Å²) in [6.45, 7) is 0.801. The Morgan fingerprint density at radius 3 is 2.92 bits per heavy atom. The Hall–Kier alpha value is -0.490. The number of allylic oxidation sites excluding steroid dienone is 1. The Kier molecular flexibility index (Phi) is 7.28. The highest BCUT2D eigenvalue weighted by atomic mass is 79.9. The second-order valence-electron chi connectivity index (χ2n) is 6.22. The lowest BCUT2D eigenvalue weighted by Crippen LogP contribution is -2.05. The van der Waals surface area contributed by atoms with Gasteiger partial charge in [-0.2, -0.15) is 0 Å². The molecule has 3 rings (SSSR count).